The first-order chi connectivity index (χ1) is 11.2. The van der Waals surface area contributed by atoms with E-state index in [1.54, 1.807) is 12.1 Å². The number of pyridine rings is 1. The number of hydrogen-bond acceptors (Lipinski definition) is 3. The topological polar surface area (TPSA) is 64.2 Å². The van der Waals surface area contributed by atoms with Crippen molar-refractivity contribution in [3.63, 3.8) is 0 Å². The molecule has 2 heterocycles. The molecule has 1 N–H and O–H groups in total. The predicted octanol–water partition coefficient (Wildman–Crippen LogP) is 2.14. The number of amides is 1. The largest absolute Gasteiger partial charge is 0.472 e. The van der Waals surface area contributed by atoms with Gasteiger partial charge in [-0.25, -0.2) is 0 Å². The molecule has 2 aliphatic rings. The van der Waals surface area contributed by atoms with Gasteiger partial charge in [0.1, 0.15) is 6.26 Å². The van der Waals surface area contributed by atoms with E-state index in [1.807, 2.05) is 10.6 Å². The van der Waals surface area contributed by atoms with E-state index >= 15 is 0 Å². The lowest BCUT2D eigenvalue weighted by molar-refractivity contribution is 0.0932. The summed E-state index contributed by atoms with van der Waals surface area (Å²) in [6, 6.07) is 5.37. The van der Waals surface area contributed by atoms with Crippen molar-refractivity contribution >= 4 is 5.91 Å². The van der Waals surface area contributed by atoms with Crippen LogP contribution in [0.3, 0.4) is 0 Å². The van der Waals surface area contributed by atoms with Gasteiger partial charge in [-0.2, -0.15) is 0 Å². The van der Waals surface area contributed by atoms with Crippen LogP contribution in [0.2, 0.25) is 0 Å². The fraction of sp³-hybridized carbons (Fsp3) is 0.444. The quantitative estimate of drug-likeness (QED) is 0.940. The molecule has 0 bridgehead atoms. The van der Waals surface area contributed by atoms with E-state index in [0.29, 0.717) is 11.5 Å². The third-order valence-corrected chi connectivity index (χ3v) is 4.84. The molecule has 5 heteroatoms. The second-order valence-corrected chi connectivity index (χ2v) is 6.62. The maximum Gasteiger partial charge on any atom is 0.254 e. The van der Waals surface area contributed by atoms with Gasteiger partial charge in [-0.3, -0.25) is 9.59 Å². The van der Waals surface area contributed by atoms with Gasteiger partial charge in [0.25, 0.3) is 11.5 Å². The zero-order chi connectivity index (χ0) is 15.8. The number of rotatable bonds is 4. The third kappa shape index (κ3) is 2.96. The molecule has 0 unspecified atom stereocenters. The Bertz CT molecular complexity index is 772. The SMILES string of the molecule is O=C(N[C@H]1CCc2c(ccc(=O)n2CC2CC2)C1)c1ccoc1. The summed E-state index contributed by atoms with van der Waals surface area (Å²) in [4.78, 5) is 24.3. The smallest absolute Gasteiger partial charge is 0.254 e. The number of aromatic nitrogens is 1. The van der Waals surface area contributed by atoms with Gasteiger partial charge in [0.15, 0.2) is 0 Å². The Hall–Kier alpha value is -2.30. The van der Waals surface area contributed by atoms with Gasteiger partial charge in [-0.05, 0) is 49.7 Å². The van der Waals surface area contributed by atoms with Crippen molar-refractivity contribution in [3.05, 3.63) is 57.9 Å². The third-order valence-electron chi connectivity index (χ3n) is 4.84. The van der Waals surface area contributed by atoms with Gasteiger partial charge in [0, 0.05) is 24.3 Å². The molecule has 0 spiro atoms. The number of carbonyl (C=O) groups excluding carboxylic acids is 1. The number of carbonyl (C=O) groups is 1. The van der Waals surface area contributed by atoms with Gasteiger partial charge in [-0.15, -0.1) is 0 Å². The Balaban J connectivity index is 1.51. The summed E-state index contributed by atoms with van der Waals surface area (Å²) >= 11 is 0. The molecule has 0 saturated heterocycles. The molecular weight excluding hydrogens is 292 g/mol. The number of nitrogens with one attached hydrogen (secondary N) is 1. The molecule has 2 aliphatic carbocycles. The van der Waals surface area contributed by atoms with E-state index in [9.17, 15) is 9.59 Å². The van der Waals surface area contributed by atoms with Crippen LogP contribution in [-0.2, 0) is 19.4 Å². The molecule has 2 aromatic rings. The molecule has 0 aliphatic heterocycles. The molecule has 4 rings (SSSR count). The minimum Gasteiger partial charge on any atom is -0.472 e. The lowest BCUT2D eigenvalue weighted by Gasteiger charge is -2.27. The summed E-state index contributed by atoms with van der Waals surface area (Å²) < 4.78 is 6.91. The normalized spacial score (nSPS) is 20.1. The molecule has 23 heavy (non-hydrogen) atoms. The van der Waals surface area contributed by atoms with E-state index in [2.05, 4.69) is 5.32 Å². The Morgan fingerprint density at radius 1 is 1.26 bits per heavy atom. The Morgan fingerprint density at radius 3 is 2.87 bits per heavy atom. The van der Waals surface area contributed by atoms with Crippen LogP contribution >= 0.6 is 0 Å². The Morgan fingerprint density at radius 2 is 2.13 bits per heavy atom. The lowest BCUT2D eigenvalue weighted by atomic mass is 9.91. The van der Waals surface area contributed by atoms with Gasteiger partial charge in [-0.1, -0.05) is 6.07 Å². The average Bonchev–Trinajstić information content (AvgIpc) is 3.19. The lowest BCUT2D eigenvalue weighted by Crippen LogP contribution is -2.40. The highest BCUT2D eigenvalue weighted by Gasteiger charge is 2.27. The van der Waals surface area contributed by atoms with Crippen LogP contribution in [0.1, 0.15) is 40.9 Å². The molecule has 1 fully saturated rings. The number of furan rings is 1. The van der Waals surface area contributed by atoms with Crippen LogP contribution in [0.4, 0.5) is 0 Å². The zero-order valence-corrected chi connectivity index (χ0v) is 13.0. The molecule has 2 aromatic heterocycles. The molecule has 1 saturated carbocycles. The molecule has 0 aromatic carbocycles. The van der Waals surface area contributed by atoms with Crippen molar-refractivity contribution in [2.75, 3.05) is 0 Å². The van der Waals surface area contributed by atoms with Gasteiger partial charge in [0.2, 0.25) is 0 Å². The highest BCUT2D eigenvalue weighted by Crippen LogP contribution is 2.31. The molecule has 1 amide bonds. The fourth-order valence-corrected chi connectivity index (χ4v) is 3.37. The van der Waals surface area contributed by atoms with Crippen molar-refractivity contribution < 1.29 is 9.21 Å². The van der Waals surface area contributed by atoms with Crippen molar-refractivity contribution in [1.82, 2.24) is 9.88 Å². The summed E-state index contributed by atoms with van der Waals surface area (Å²) in [5.41, 5.74) is 3.01. The second kappa shape index (κ2) is 5.72. The van der Waals surface area contributed by atoms with Gasteiger partial charge < -0.3 is 14.3 Å². The minimum atomic E-state index is -0.0986. The number of nitrogens with zero attached hydrogens (tertiary/aromatic N) is 1. The molecule has 1 atom stereocenters. The first kappa shape index (κ1) is 14.3. The van der Waals surface area contributed by atoms with Crippen LogP contribution < -0.4 is 10.9 Å². The highest BCUT2D eigenvalue weighted by atomic mass is 16.3. The summed E-state index contributed by atoms with van der Waals surface area (Å²) in [5, 5.41) is 3.06. The molecule has 0 radical (unpaired) electrons. The fourth-order valence-electron chi connectivity index (χ4n) is 3.37. The number of hydrogen-bond donors (Lipinski definition) is 1. The van der Waals surface area contributed by atoms with Crippen molar-refractivity contribution in [2.45, 2.75) is 44.7 Å². The minimum absolute atomic E-state index is 0.0986. The van der Waals surface area contributed by atoms with Gasteiger partial charge >= 0.3 is 0 Å². The zero-order valence-electron chi connectivity index (χ0n) is 13.0. The first-order valence-corrected chi connectivity index (χ1v) is 8.25. The molecule has 120 valence electrons. The van der Waals surface area contributed by atoms with Crippen LogP contribution in [0, 0.1) is 5.92 Å². The van der Waals surface area contributed by atoms with E-state index in [4.69, 9.17) is 4.42 Å². The highest BCUT2D eigenvalue weighted by molar-refractivity contribution is 5.93. The maximum atomic E-state index is 12.2. The first-order valence-electron chi connectivity index (χ1n) is 8.25. The van der Waals surface area contributed by atoms with Crippen LogP contribution in [0.25, 0.3) is 0 Å². The Kier molecular flexibility index (Phi) is 3.56. The van der Waals surface area contributed by atoms with E-state index < -0.39 is 0 Å². The van der Waals surface area contributed by atoms with E-state index in [0.717, 1.165) is 25.8 Å². The summed E-state index contributed by atoms with van der Waals surface area (Å²) in [7, 11) is 0. The number of fused-ring (bicyclic) bond motifs is 1. The second-order valence-electron chi connectivity index (χ2n) is 6.62. The van der Waals surface area contributed by atoms with Crippen LogP contribution in [0.15, 0.2) is 39.9 Å². The van der Waals surface area contributed by atoms with Gasteiger partial charge in [0.05, 0.1) is 11.8 Å². The van der Waals surface area contributed by atoms with Crippen LogP contribution in [-0.4, -0.2) is 16.5 Å². The van der Waals surface area contributed by atoms with Crippen molar-refractivity contribution in [3.8, 4) is 0 Å². The van der Waals surface area contributed by atoms with Crippen molar-refractivity contribution in [1.29, 1.82) is 0 Å². The summed E-state index contributed by atoms with van der Waals surface area (Å²) in [6.45, 7) is 0.855. The van der Waals surface area contributed by atoms with E-state index in [1.165, 1.54) is 36.6 Å². The Labute approximate surface area is 134 Å². The molecule has 5 nitrogen and oxygen atoms in total. The summed E-state index contributed by atoms with van der Waals surface area (Å²) in [6.07, 6.45) is 7.92. The predicted molar refractivity (Wildman–Crippen MR) is 85.4 cm³/mol. The maximum absolute atomic E-state index is 12.2. The monoisotopic (exact) mass is 312 g/mol. The van der Waals surface area contributed by atoms with Crippen LogP contribution in [0.5, 0.6) is 0 Å². The summed E-state index contributed by atoms with van der Waals surface area (Å²) in [5.74, 6) is 0.580. The van der Waals surface area contributed by atoms with E-state index in [-0.39, 0.29) is 17.5 Å². The average molecular weight is 312 g/mol. The van der Waals surface area contributed by atoms with Crippen molar-refractivity contribution in [2.24, 2.45) is 5.92 Å². The molecular formula is C18H20N2O3. The standard InChI is InChI=1S/C18H20N2O3/c21-17-6-3-13-9-15(19-18(22)14-7-8-23-11-14)4-5-16(13)20(17)10-12-1-2-12/h3,6-8,11-12,15H,1-2,4-5,9-10H2,(H,19,22)/t15-/m0/s1.